The molecule has 1 aromatic carbocycles. The third-order valence-corrected chi connectivity index (χ3v) is 11.5. The Labute approximate surface area is 256 Å². The van der Waals surface area contributed by atoms with Gasteiger partial charge in [-0.15, -0.1) is 11.3 Å². The van der Waals surface area contributed by atoms with E-state index in [4.69, 9.17) is 4.74 Å². The number of sulfonamides is 1. The van der Waals surface area contributed by atoms with Crippen LogP contribution in [0, 0.1) is 5.92 Å². The summed E-state index contributed by atoms with van der Waals surface area (Å²) in [7, 11) is -3.80. The summed E-state index contributed by atoms with van der Waals surface area (Å²) in [5.41, 5.74) is 1.65. The molecule has 4 heterocycles. The summed E-state index contributed by atoms with van der Waals surface area (Å²) in [4.78, 5) is 55.7. The highest BCUT2D eigenvalue weighted by Crippen LogP contribution is 2.38. The Hall–Kier alpha value is -3.29. The number of esters is 1. The quantitative estimate of drug-likeness (QED) is 0.463. The lowest BCUT2D eigenvalue weighted by molar-refractivity contribution is -0.149. The predicted octanol–water partition coefficient (Wildman–Crippen LogP) is 3.49. The minimum atomic E-state index is -3.80. The van der Waals surface area contributed by atoms with E-state index >= 15 is 0 Å². The fraction of sp³-hybridized carbons (Fsp3) is 0.533. The predicted molar refractivity (Wildman–Crippen MR) is 161 cm³/mol. The van der Waals surface area contributed by atoms with Crippen LogP contribution in [0.2, 0.25) is 0 Å². The van der Waals surface area contributed by atoms with Crippen molar-refractivity contribution in [2.75, 3.05) is 44.6 Å². The SMILES string of the molecule is CCOC(=O)C1CCN(S(=O)(=O)c2ccc(C(=O)Nc3sc4c(c3C(=O)N3CCCCC3)CCN(C(C)=O)C4)cc2)CC1. The van der Waals surface area contributed by atoms with E-state index in [1.807, 2.05) is 4.90 Å². The minimum Gasteiger partial charge on any atom is -0.466 e. The van der Waals surface area contributed by atoms with Gasteiger partial charge in [0.1, 0.15) is 5.00 Å². The molecule has 2 saturated heterocycles. The van der Waals surface area contributed by atoms with Crippen molar-refractivity contribution in [3.63, 3.8) is 0 Å². The van der Waals surface area contributed by atoms with E-state index in [1.54, 1.807) is 11.8 Å². The van der Waals surface area contributed by atoms with Gasteiger partial charge in [-0.2, -0.15) is 4.31 Å². The second-order valence-electron chi connectivity index (χ2n) is 11.2. The van der Waals surface area contributed by atoms with Gasteiger partial charge in [-0.25, -0.2) is 8.42 Å². The summed E-state index contributed by atoms with van der Waals surface area (Å²) in [5, 5.41) is 3.38. The average Bonchev–Trinajstić information content (AvgIpc) is 3.38. The zero-order valence-electron chi connectivity index (χ0n) is 24.6. The zero-order valence-corrected chi connectivity index (χ0v) is 26.2. The third-order valence-electron chi connectivity index (χ3n) is 8.41. The van der Waals surface area contributed by atoms with Crippen LogP contribution in [-0.2, 0) is 37.3 Å². The molecule has 0 bridgehead atoms. The number of rotatable bonds is 7. The van der Waals surface area contributed by atoms with E-state index in [1.165, 1.54) is 46.8 Å². The van der Waals surface area contributed by atoms with Crippen molar-refractivity contribution in [1.29, 1.82) is 0 Å². The number of thiophene rings is 1. The fourth-order valence-corrected chi connectivity index (χ4v) is 8.66. The summed E-state index contributed by atoms with van der Waals surface area (Å²) < 4.78 is 32.9. The van der Waals surface area contributed by atoms with E-state index in [-0.39, 0.29) is 47.3 Å². The number of carbonyl (C=O) groups is 4. The molecule has 0 aliphatic carbocycles. The van der Waals surface area contributed by atoms with Crippen LogP contribution in [0.1, 0.15) is 77.1 Å². The molecule has 0 unspecified atom stereocenters. The maximum absolute atomic E-state index is 13.7. The number of ether oxygens (including phenoxy) is 1. The Balaban J connectivity index is 1.32. The molecule has 2 fully saturated rings. The van der Waals surface area contributed by atoms with Crippen molar-refractivity contribution in [2.45, 2.75) is 63.8 Å². The van der Waals surface area contributed by atoms with E-state index < -0.39 is 15.9 Å². The normalized spacial score (nSPS) is 18.2. The highest BCUT2D eigenvalue weighted by atomic mass is 32.2. The van der Waals surface area contributed by atoms with Crippen LogP contribution in [0.3, 0.4) is 0 Å². The maximum atomic E-state index is 13.7. The van der Waals surface area contributed by atoms with E-state index in [0.717, 1.165) is 29.7 Å². The molecule has 1 aromatic heterocycles. The number of nitrogens with one attached hydrogen (secondary N) is 1. The van der Waals surface area contributed by atoms with E-state index in [0.29, 0.717) is 62.6 Å². The number of carbonyl (C=O) groups excluding carboxylic acids is 4. The van der Waals surface area contributed by atoms with Crippen LogP contribution in [-0.4, -0.2) is 85.5 Å². The number of hydrogen-bond donors (Lipinski definition) is 1. The Morgan fingerprint density at radius 3 is 2.26 bits per heavy atom. The third kappa shape index (κ3) is 6.63. The first-order valence-electron chi connectivity index (χ1n) is 14.9. The molecule has 1 N–H and O–H groups in total. The van der Waals surface area contributed by atoms with Crippen molar-refractivity contribution in [2.24, 2.45) is 5.92 Å². The fourth-order valence-electron chi connectivity index (χ4n) is 5.94. The Kier molecular flexibility index (Phi) is 9.52. The monoisotopic (exact) mass is 630 g/mol. The first-order valence-corrected chi connectivity index (χ1v) is 17.1. The Morgan fingerprint density at radius 1 is 0.953 bits per heavy atom. The van der Waals surface area contributed by atoms with Crippen molar-refractivity contribution in [1.82, 2.24) is 14.1 Å². The van der Waals surface area contributed by atoms with Gasteiger partial charge >= 0.3 is 5.97 Å². The molecule has 0 saturated carbocycles. The number of benzene rings is 1. The molecule has 5 rings (SSSR count). The van der Waals surface area contributed by atoms with Crippen molar-refractivity contribution in [3.05, 3.63) is 45.8 Å². The van der Waals surface area contributed by atoms with Crippen LogP contribution in [0.4, 0.5) is 5.00 Å². The molecular weight excluding hydrogens is 592 g/mol. The topological polar surface area (TPSA) is 133 Å². The van der Waals surface area contributed by atoms with Crippen molar-refractivity contribution < 1.29 is 32.3 Å². The number of amides is 3. The van der Waals surface area contributed by atoms with Gasteiger partial charge in [0.2, 0.25) is 15.9 Å². The van der Waals surface area contributed by atoms with E-state index in [2.05, 4.69) is 5.32 Å². The average molecular weight is 631 g/mol. The van der Waals surface area contributed by atoms with Gasteiger partial charge in [-0.05, 0) is 75.3 Å². The number of nitrogens with zero attached hydrogens (tertiary/aromatic N) is 3. The molecule has 0 spiro atoms. The van der Waals surface area contributed by atoms with Crippen LogP contribution in [0.5, 0.6) is 0 Å². The van der Waals surface area contributed by atoms with Crippen molar-refractivity contribution >= 4 is 50.1 Å². The molecule has 3 aliphatic heterocycles. The van der Waals surface area contributed by atoms with Gasteiger partial charge in [-0.3, -0.25) is 19.2 Å². The molecule has 3 aliphatic rings. The molecule has 13 heteroatoms. The van der Waals surface area contributed by atoms with Crippen LogP contribution >= 0.6 is 11.3 Å². The smallest absolute Gasteiger partial charge is 0.309 e. The van der Waals surface area contributed by atoms with Crippen LogP contribution < -0.4 is 5.32 Å². The number of hydrogen-bond acceptors (Lipinski definition) is 8. The summed E-state index contributed by atoms with van der Waals surface area (Å²) in [5.74, 6) is -1.19. The van der Waals surface area contributed by atoms with Gasteiger partial charge < -0.3 is 19.9 Å². The molecule has 11 nitrogen and oxygen atoms in total. The summed E-state index contributed by atoms with van der Waals surface area (Å²) in [6, 6.07) is 5.74. The highest BCUT2D eigenvalue weighted by molar-refractivity contribution is 7.89. The summed E-state index contributed by atoms with van der Waals surface area (Å²) in [6.45, 7) is 6.25. The van der Waals surface area contributed by atoms with Crippen LogP contribution in [0.15, 0.2) is 29.2 Å². The number of likely N-dealkylation sites (tertiary alicyclic amines) is 1. The molecule has 0 atom stereocenters. The number of piperidine rings is 2. The number of fused-ring (bicyclic) bond motifs is 1. The van der Waals surface area contributed by atoms with Gasteiger partial charge in [0.15, 0.2) is 0 Å². The van der Waals surface area contributed by atoms with Gasteiger partial charge in [-0.1, -0.05) is 0 Å². The second kappa shape index (κ2) is 13.1. The molecule has 232 valence electrons. The Bertz CT molecular complexity index is 1490. The largest absolute Gasteiger partial charge is 0.466 e. The zero-order chi connectivity index (χ0) is 30.7. The van der Waals surface area contributed by atoms with Gasteiger partial charge in [0, 0.05) is 50.1 Å². The molecule has 2 aromatic rings. The Morgan fingerprint density at radius 2 is 1.63 bits per heavy atom. The second-order valence-corrected chi connectivity index (χ2v) is 14.2. The van der Waals surface area contributed by atoms with E-state index in [9.17, 15) is 27.6 Å². The highest BCUT2D eigenvalue weighted by Gasteiger charge is 2.34. The minimum absolute atomic E-state index is 0.0352. The first-order chi connectivity index (χ1) is 20.6. The molecule has 0 radical (unpaired) electrons. The standard InChI is InChI=1S/C30H38N4O7S2/c1-3-41-30(38)22-11-17-34(18-12-22)43(39,40)23-9-7-21(8-10-23)27(36)31-28-26(29(37)32-14-5-4-6-15-32)24-13-16-33(20(2)35)19-25(24)42-28/h7-10,22H,3-6,11-19H2,1-2H3,(H,31,36). The van der Waals surface area contributed by atoms with Crippen molar-refractivity contribution in [3.8, 4) is 0 Å². The lowest BCUT2D eigenvalue weighted by Gasteiger charge is -2.30. The van der Waals surface area contributed by atoms with Gasteiger partial charge in [0.05, 0.1) is 29.5 Å². The lowest BCUT2D eigenvalue weighted by atomic mass is 9.98. The van der Waals surface area contributed by atoms with Crippen LogP contribution in [0.25, 0.3) is 0 Å². The van der Waals surface area contributed by atoms with Gasteiger partial charge in [0.25, 0.3) is 11.8 Å². The number of anilines is 1. The first kappa shape index (κ1) is 31.1. The maximum Gasteiger partial charge on any atom is 0.309 e. The lowest BCUT2D eigenvalue weighted by Crippen LogP contribution is -2.40. The molecule has 3 amide bonds. The summed E-state index contributed by atoms with van der Waals surface area (Å²) in [6.07, 6.45) is 4.30. The summed E-state index contributed by atoms with van der Waals surface area (Å²) >= 11 is 1.32. The molecule has 43 heavy (non-hydrogen) atoms. The molecular formula is C30H38N4O7S2.